The fraction of sp³-hybridized carbons (Fsp3) is 0.0357. The normalized spacial score (nSPS) is 14.9. The zero-order valence-electron chi connectivity index (χ0n) is 33.6. The van der Waals surface area contributed by atoms with Crippen molar-refractivity contribution in [2.45, 2.75) is 12.0 Å². The minimum Gasteiger partial charge on any atom is -0.333 e. The summed E-state index contributed by atoms with van der Waals surface area (Å²) in [5.74, 6) is 0.195. The Hall–Kier alpha value is -8.58. The Morgan fingerprint density at radius 1 is 0.419 bits per heavy atom. The van der Waals surface area contributed by atoms with Gasteiger partial charge in [-0.2, -0.15) is 10.5 Å². The molecule has 0 N–H and O–H groups in total. The van der Waals surface area contributed by atoms with E-state index in [1.807, 2.05) is 54.6 Å². The van der Waals surface area contributed by atoms with Gasteiger partial charge in [0.1, 0.15) is 0 Å². The fourth-order valence-electron chi connectivity index (χ4n) is 9.33. The van der Waals surface area contributed by atoms with Crippen LogP contribution in [0.3, 0.4) is 0 Å². The van der Waals surface area contributed by atoms with E-state index in [2.05, 4.69) is 195 Å². The third-order valence-electron chi connectivity index (χ3n) is 12.1. The van der Waals surface area contributed by atoms with E-state index in [-0.39, 0.29) is 12.0 Å². The molecule has 6 heteroatoms. The molecule has 0 saturated heterocycles. The third-order valence-corrected chi connectivity index (χ3v) is 12.1. The molecule has 1 aliphatic carbocycles. The van der Waals surface area contributed by atoms with E-state index in [1.165, 1.54) is 22.3 Å². The second-order valence-corrected chi connectivity index (χ2v) is 15.6. The van der Waals surface area contributed by atoms with Crippen LogP contribution in [0.2, 0.25) is 0 Å². The predicted octanol–water partition coefficient (Wildman–Crippen LogP) is 14.2. The summed E-state index contributed by atoms with van der Waals surface area (Å²) in [6.07, 6.45) is 8.91. The van der Waals surface area contributed by atoms with Crippen LogP contribution >= 0.6 is 0 Å². The number of anilines is 8. The highest BCUT2D eigenvalue weighted by Crippen LogP contribution is 2.50. The number of aromatic nitrogens is 1. The van der Waals surface area contributed by atoms with Crippen molar-refractivity contribution in [3.63, 3.8) is 0 Å². The predicted molar refractivity (Wildman–Crippen MR) is 253 cm³/mol. The van der Waals surface area contributed by atoms with Crippen molar-refractivity contribution in [3.05, 3.63) is 235 Å². The average molecular weight is 795 g/mol. The topological polar surface area (TPSA) is 62.2 Å². The van der Waals surface area contributed by atoms with E-state index in [0.29, 0.717) is 11.1 Å². The van der Waals surface area contributed by atoms with Crippen LogP contribution in [-0.4, -0.2) is 10.6 Å². The van der Waals surface area contributed by atoms with Crippen molar-refractivity contribution in [1.82, 2.24) is 4.57 Å². The molecule has 62 heavy (non-hydrogen) atoms. The molecule has 0 bridgehead atoms. The summed E-state index contributed by atoms with van der Waals surface area (Å²) in [4.78, 5) is 6.96. The Kier molecular flexibility index (Phi) is 8.96. The lowest BCUT2D eigenvalue weighted by molar-refractivity contribution is 0.745. The third kappa shape index (κ3) is 6.18. The van der Waals surface area contributed by atoms with Crippen LogP contribution in [0.25, 0.3) is 27.5 Å². The summed E-state index contributed by atoms with van der Waals surface area (Å²) < 4.78 is 2.33. The van der Waals surface area contributed by atoms with E-state index < -0.39 is 0 Å². The van der Waals surface area contributed by atoms with Gasteiger partial charge in [0.15, 0.2) is 0 Å². The van der Waals surface area contributed by atoms with E-state index in [0.717, 1.165) is 56.2 Å². The Bertz CT molecular complexity index is 3260. The van der Waals surface area contributed by atoms with Gasteiger partial charge < -0.3 is 19.3 Å². The summed E-state index contributed by atoms with van der Waals surface area (Å²) in [6, 6.07) is 72.1. The maximum Gasteiger partial charge on any atom is 0.0991 e. The molecule has 1 aromatic heterocycles. The second kappa shape index (κ2) is 15.2. The van der Waals surface area contributed by atoms with Gasteiger partial charge in [-0.15, -0.1) is 0 Å². The molecule has 11 rings (SSSR count). The molecule has 0 fully saturated rings. The van der Waals surface area contributed by atoms with Crippen molar-refractivity contribution >= 4 is 67.3 Å². The number of nitrogens with zero attached hydrogens (tertiary/aromatic N) is 6. The van der Waals surface area contributed by atoms with Gasteiger partial charge in [-0.05, 0) is 145 Å². The number of para-hydroxylation sites is 3. The number of rotatable bonds is 8. The first-order valence-corrected chi connectivity index (χ1v) is 20.8. The molecule has 0 amide bonds. The van der Waals surface area contributed by atoms with Crippen LogP contribution in [0, 0.1) is 22.7 Å². The summed E-state index contributed by atoms with van der Waals surface area (Å²) in [7, 11) is 0. The number of hydrogen-bond donors (Lipinski definition) is 0. The number of fused-ring (bicyclic) bond motifs is 6. The van der Waals surface area contributed by atoms with Gasteiger partial charge in [0.2, 0.25) is 0 Å². The first kappa shape index (κ1) is 36.5. The number of nitriles is 2. The maximum absolute atomic E-state index is 9.70. The summed E-state index contributed by atoms with van der Waals surface area (Å²) in [5.41, 5.74) is 14.1. The van der Waals surface area contributed by atoms with Crippen molar-refractivity contribution in [3.8, 4) is 17.8 Å². The number of allylic oxidation sites excluding steroid dienone is 2. The molecule has 2 aliphatic rings. The van der Waals surface area contributed by atoms with Gasteiger partial charge in [0.05, 0.1) is 40.3 Å². The Morgan fingerprint density at radius 2 is 0.903 bits per heavy atom. The molecule has 8 aromatic carbocycles. The highest BCUT2D eigenvalue weighted by molar-refractivity contribution is 6.10. The lowest BCUT2D eigenvalue weighted by Gasteiger charge is -2.29. The van der Waals surface area contributed by atoms with Gasteiger partial charge >= 0.3 is 0 Å². The minimum atomic E-state index is 0.178. The molecule has 1 aliphatic heterocycles. The zero-order valence-corrected chi connectivity index (χ0v) is 33.6. The molecule has 2 heterocycles. The summed E-state index contributed by atoms with van der Waals surface area (Å²) in [5, 5.41) is 21.7. The lowest BCUT2D eigenvalue weighted by Crippen LogP contribution is -2.28. The SMILES string of the molecule is N#Cc1ccc(N(c2ccc(N(c3ccc(C#N)cc3)c3ccc4c(c3)c3ccccc3n4-c3ccccc3)cc2)c2ccc3c(c2)C2C=CC=CC2N3c2ccccc2)cc1. The Balaban J connectivity index is 1.03. The van der Waals surface area contributed by atoms with Gasteiger partial charge in [-0.3, -0.25) is 0 Å². The van der Waals surface area contributed by atoms with E-state index in [4.69, 9.17) is 0 Å². The van der Waals surface area contributed by atoms with Crippen LogP contribution in [0.5, 0.6) is 0 Å². The Labute approximate surface area is 360 Å². The molecule has 0 radical (unpaired) electrons. The second-order valence-electron chi connectivity index (χ2n) is 15.6. The van der Waals surface area contributed by atoms with Gasteiger partial charge in [-0.1, -0.05) is 78.9 Å². The molecule has 9 aromatic rings. The number of hydrogen-bond acceptors (Lipinski definition) is 5. The molecular weight excluding hydrogens is 757 g/mol. The smallest absolute Gasteiger partial charge is 0.0991 e. The highest BCUT2D eigenvalue weighted by Gasteiger charge is 2.38. The highest BCUT2D eigenvalue weighted by atomic mass is 15.2. The molecule has 292 valence electrons. The lowest BCUT2D eigenvalue weighted by atomic mass is 9.91. The van der Waals surface area contributed by atoms with Crippen molar-refractivity contribution in [2.24, 2.45) is 0 Å². The van der Waals surface area contributed by atoms with Crippen molar-refractivity contribution < 1.29 is 0 Å². The zero-order chi connectivity index (χ0) is 41.6. The molecular formula is C56H38N6. The van der Waals surface area contributed by atoms with Crippen LogP contribution in [-0.2, 0) is 0 Å². The Morgan fingerprint density at radius 3 is 1.52 bits per heavy atom. The first-order valence-electron chi connectivity index (χ1n) is 20.8. The van der Waals surface area contributed by atoms with E-state index in [9.17, 15) is 10.5 Å². The van der Waals surface area contributed by atoms with Gasteiger partial charge in [0.25, 0.3) is 0 Å². The van der Waals surface area contributed by atoms with Crippen molar-refractivity contribution in [1.29, 1.82) is 10.5 Å². The average Bonchev–Trinajstić information content (AvgIpc) is 3.85. The van der Waals surface area contributed by atoms with Gasteiger partial charge in [0, 0.05) is 67.9 Å². The summed E-state index contributed by atoms with van der Waals surface area (Å²) in [6.45, 7) is 0. The van der Waals surface area contributed by atoms with Crippen LogP contribution in [0.4, 0.5) is 45.5 Å². The molecule has 2 unspecified atom stereocenters. The maximum atomic E-state index is 9.70. The summed E-state index contributed by atoms with van der Waals surface area (Å²) >= 11 is 0. The van der Waals surface area contributed by atoms with E-state index in [1.54, 1.807) is 0 Å². The molecule has 0 spiro atoms. The van der Waals surface area contributed by atoms with E-state index >= 15 is 0 Å². The van der Waals surface area contributed by atoms with Crippen LogP contribution < -0.4 is 14.7 Å². The largest absolute Gasteiger partial charge is 0.333 e. The van der Waals surface area contributed by atoms with Crippen molar-refractivity contribution in [2.75, 3.05) is 14.7 Å². The minimum absolute atomic E-state index is 0.178. The molecule has 6 nitrogen and oxygen atoms in total. The molecule has 0 saturated carbocycles. The first-order chi connectivity index (χ1) is 30.7. The van der Waals surface area contributed by atoms with Crippen LogP contribution in [0.15, 0.2) is 218 Å². The van der Waals surface area contributed by atoms with Gasteiger partial charge in [-0.25, -0.2) is 0 Å². The quantitative estimate of drug-likeness (QED) is 0.153. The van der Waals surface area contributed by atoms with Crippen LogP contribution in [0.1, 0.15) is 22.6 Å². The standard InChI is InChI=1S/C56H38N6/c57-37-39-19-23-43(24-20-39)59(47-31-33-55-51(35-47)49-15-7-9-17-53(49)61(55)41-11-3-1-4-12-41)45-27-29-46(30-28-45)60(44-25-21-40(38-58)22-26-44)48-32-34-56-52(36-48)50-16-8-10-18-54(50)62(56)42-13-5-2-6-14-42/h1-36,49,53H. The molecule has 2 atom stereocenters. The number of benzene rings is 8. The fourth-order valence-corrected chi connectivity index (χ4v) is 9.33. The monoisotopic (exact) mass is 794 g/mol.